The van der Waals surface area contributed by atoms with Gasteiger partial charge in [-0.15, -0.1) is 0 Å². The number of hydrogen-bond donors (Lipinski definition) is 0. The smallest absolute Gasteiger partial charge is 0.343 e. The van der Waals surface area contributed by atoms with Gasteiger partial charge in [0.15, 0.2) is 17.3 Å². The number of para-hydroxylation sites is 2. The van der Waals surface area contributed by atoms with Crippen molar-refractivity contribution in [1.29, 1.82) is 0 Å². The molecule has 0 atom stereocenters. The van der Waals surface area contributed by atoms with E-state index >= 15 is 0 Å². The van der Waals surface area contributed by atoms with Crippen LogP contribution in [0, 0.1) is 0 Å². The van der Waals surface area contributed by atoms with Crippen molar-refractivity contribution < 1.29 is 28.2 Å². The number of nitrogens with zero attached hydrogens (tertiary/aromatic N) is 3. The van der Waals surface area contributed by atoms with Crippen molar-refractivity contribution in [1.82, 2.24) is 9.66 Å². The number of carbonyl (C=O) groups excluding carboxylic acids is 1. The predicted molar refractivity (Wildman–Crippen MR) is 144 cm³/mol. The van der Waals surface area contributed by atoms with E-state index in [1.807, 2.05) is 0 Å². The van der Waals surface area contributed by atoms with E-state index < -0.39 is 5.97 Å². The maximum Gasteiger partial charge on any atom is 0.343 e. The molecule has 3 aromatic carbocycles. The van der Waals surface area contributed by atoms with Gasteiger partial charge in [0.2, 0.25) is 11.6 Å². The van der Waals surface area contributed by atoms with E-state index in [2.05, 4.69) is 10.1 Å². The van der Waals surface area contributed by atoms with Crippen LogP contribution in [0.3, 0.4) is 0 Å². The van der Waals surface area contributed by atoms with Gasteiger partial charge in [-0.2, -0.15) is 9.78 Å². The fourth-order valence-corrected chi connectivity index (χ4v) is 3.95. The Morgan fingerprint density at radius 3 is 2.31 bits per heavy atom. The largest absolute Gasteiger partial charge is 0.493 e. The lowest BCUT2D eigenvalue weighted by Crippen LogP contribution is -2.20. The Balaban J connectivity index is 1.52. The molecule has 0 bridgehead atoms. The van der Waals surface area contributed by atoms with E-state index in [-0.39, 0.29) is 22.7 Å². The van der Waals surface area contributed by atoms with Crippen molar-refractivity contribution in [2.45, 2.75) is 0 Å². The summed E-state index contributed by atoms with van der Waals surface area (Å²) in [5, 5.41) is 4.80. The van der Waals surface area contributed by atoms with Crippen LogP contribution in [0.5, 0.6) is 23.0 Å². The van der Waals surface area contributed by atoms with Gasteiger partial charge in [-0.3, -0.25) is 4.79 Å². The zero-order valence-electron chi connectivity index (χ0n) is 21.3. The van der Waals surface area contributed by atoms with Crippen LogP contribution in [0.25, 0.3) is 22.5 Å². The predicted octanol–water partition coefficient (Wildman–Crippen LogP) is 4.78. The molecule has 0 aliphatic rings. The highest BCUT2D eigenvalue weighted by Gasteiger charge is 2.19. The first-order valence-electron chi connectivity index (χ1n) is 11.7. The summed E-state index contributed by atoms with van der Waals surface area (Å²) in [4.78, 5) is 31.0. The number of esters is 1. The van der Waals surface area contributed by atoms with E-state index in [1.54, 1.807) is 60.7 Å². The second kappa shape index (κ2) is 10.9. The third-order valence-electron chi connectivity index (χ3n) is 5.83. The zero-order valence-corrected chi connectivity index (χ0v) is 21.3. The molecule has 0 saturated carbocycles. The van der Waals surface area contributed by atoms with Crippen LogP contribution in [0.15, 0.2) is 93.4 Å². The summed E-state index contributed by atoms with van der Waals surface area (Å²) >= 11 is 0. The average Bonchev–Trinajstić information content (AvgIpc) is 3.51. The van der Waals surface area contributed by atoms with Gasteiger partial charge in [0.05, 0.1) is 50.3 Å². The minimum Gasteiger partial charge on any atom is -0.493 e. The Bertz CT molecular complexity index is 1720. The van der Waals surface area contributed by atoms with Gasteiger partial charge in [0, 0.05) is 5.56 Å². The topological polar surface area (TPSA) is 114 Å². The molecule has 0 saturated heterocycles. The van der Waals surface area contributed by atoms with Crippen molar-refractivity contribution in [3.63, 3.8) is 0 Å². The number of aromatic nitrogens is 2. The molecular weight excluding hydrogens is 502 g/mol. The molecule has 5 aromatic rings. The lowest BCUT2D eigenvalue weighted by molar-refractivity contribution is 0.0733. The molecule has 0 fully saturated rings. The molecule has 2 aromatic heterocycles. The highest BCUT2D eigenvalue weighted by atomic mass is 16.5. The summed E-state index contributed by atoms with van der Waals surface area (Å²) in [6.07, 6.45) is 2.91. The standard InChI is InChI=1S/C29H23N3O7/c1-35-24-15-19(16-25(36-2)26(24)37-3)29(34)39-22-12-7-4-9-18(22)17-30-32-27(23-13-8-14-38-23)31-21-11-6-5-10-20(21)28(32)33/h4-17H,1-3H3. The SMILES string of the molecule is COc1cc(C(=O)Oc2ccccc2C=Nn2c(-c3ccco3)nc3ccccc3c2=O)cc(OC)c1OC. The van der Waals surface area contributed by atoms with Crippen LogP contribution in [0.4, 0.5) is 0 Å². The van der Waals surface area contributed by atoms with Crippen molar-refractivity contribution in [2.75, 3.05) is 21.3 Å². The van der Waals surface area contributed by atoms with Crippen molar-refractivity contribution in [2.24, 2.45) is 5.10 Å². The molecule has 2 heterocycles. The number of ether oxygens (including phenoxy) is 4. The molecule has 0 radical (unpaired) electrons. The van der Waals surface area contributed by atoms with Gasteiger partial charge in [-0.25, -0.2) is 9.78 Å². The van der Waals surface area contributed by atoms with Gasteiger partial charge < -0.3 is 23.4 Å². The van der Waals surface area contributed by atoms with Crippen LogP contribution in [0.2, 0.25) is 0 Å². The third-order valence-corrected chi connectivity index (χ3v) is 5.83. The summed E-state index contributed by atoms with van der Waals surface area (Å²) in [5.41, 5.74) is 0.769. The average molecular weight is 526 g/mol. The van der Waals surface area contributed by atoms with Gasteiger partial charge >= 0.3 is 5.97 Å². The van der Waals surface area contributed by atoms with E-state index in [0.29, 0.717) is 39.5 Å². The number of benzene rings is 3. The number of methoxy groups -OCH3 is 3. The fraction of sp³-hybridized carbons (Fsp3) is 0.103. The van der Waals surface area contributed by atoms with E-state index in [4.69, 9.17) is 23.4 Å². The minimum absolute atomic E-state index is 0.186. The van der Waals surface area contributed by atoms with Crippen molar-refractivity contribution in [3.8, 4) is 34.6 Å². The molecule has 39 heavy (non-hydrogen) atoms. The van der Waals surface area contributed by atoms with Crippen molar-refractivity contribution >= 4 is 23.1 Å². The lowest BCUT2D eigenvalue weighted by atomic mass is 10.1. The molecule has 0 unspecified atom stereocenters. The van der Waals surface area contributed by atoms with Gasteiger partial charge in [0.25, 0.3) is 5.56 Å². The normalized spacial score (nSPS) is 11.1. The molecule has 10 nitrogen and oxygen atoms in total. The van der Waals surface area contributed by atoms with Crippen LogP contribution < -0.4 is 24.5 Å². The molecule has 5 rings (SSSR count). The highest BCUT2D eigenvalue weighted by molar-refractivity contribution is 5.94. The first-order chi connectivity index (χ1) is 19.0. The van der Waals surface area contributed by atoms with Crippen LogP contribution in [-0.4, -0.2) is 43.2 Å². The number of hydrogen-bond acceptors (Lipinski definition) is 9. The lowest BCUT2D eigenvalue weighted by Gasteiger charge is -2.14. The fourth-order valence-electron chi connectivity index (χ4n) is 3.95. The first kappa shape index (κ1) is 25.3. The summed E-state index contributed by atoms with van der Waals surface area (Å²) in [5.74, 6) is 1.15. The molecule has 0 aliphatic carbocycles. The molecule has 10 heteroatoms. The summed E-state index contributed by atoms with van der Waals surface area (Å²) < 4.78 is 28.3. The molecular formula is C29H23N3O7. The minimum atomic E-state index is -0.657. The quantitative estimate of drug-likeness (QED) is 0.161. The number of rotatable bonds is 8. The number of furan rings is 1. The number of carbonyl (C=O) groups is 1. The monoisotopic (exact) mass is 525 g/mol. The third kappa shape index (κ3) is 4.95. The Hall–Kier alpha value is -5.38. The first-order valence-corrected chi connectivity index (χ1v) is 11.7. The second-order valence-electron chi connectivity index (χ2n) is 8.13. The molecule has 0 aliphatic heterocycles. The maximum atomic E-state index is 13.3. The highest BCUT2D eigenvalue weighted by Crippen LogP contribution is 2.38. The Kier molecular flexibility index (Phi) is 7.09. The van der Waals surface area contributed by atoms with Crippen LogP contribution in [0.1, 0.15) is 15.9 Å². The maximum absolute atomic E-state index is 13.3. The molecule has 196 valence electrons. The number of fused-ring (bicyclic) bond motifs is 1. The van der Waals surface area contributed by atoms with Gasteiger partial charge in [-0.05, 0) is 48.5 Å². The molecule has 0 spiro atoms. The summed E-state index contributed by atoms with van der Waals surface area (Å²) in [6.45, 7) is 0. The van der Waals surface area contributed by atoms with Gasteiger partial charge in [0.1, 0.15) is 5.75 Å². The summed E-state index contributed by atoms with van der Waals surface area (Å²) in [6, 6.07) is 20.1. The van der Waals surface area contributed by atoms with Crippen LogP contribution in [-0.2, 0) is 0 Å². The Morgan fingerprint density at radius 2 is 1.62 bits per heavy atom. The second-order valence-corrected chi connectivity index (χ2v) is 8.13. The van der Waals surface area contributed by atoms with E-state index in [0.717, 1.165) is 4.68 Å². The molecule has 0 N–H and O–H groups in total. The molecule has 0 amide bonds. The van der Waals surface area contributed by atoms with E-state index in [1.165, 1.54) is 45.9 Å². The Labute approximate surface area is 222 Å². The van der Waals surface area contributed by atoms with E-state index in [9.17, 15) is 9.59 Å². The summed E-state index contributed by atoms with van der Waals surface area (Å²) in [7, 11) is 4.39. The van der Waals surface area contributed by atoms with Crippen molar-refractivity contribution in [3.05, 3.63) is 101 Å². The zero-order chi connectivity index (χ0) is 27.4. The van der Waals surface area contributed by atoms with Gasteiger partial charge in [-0.1, -0.05) is 24.3 Å². The Morgan fingerprint density at radius 1 is 0.897 bits per heavy atom. The van der Waals surface area contributed by atoms with Crippen LogP contribution >= 0.6 is 0 Å².